The first kappa shape index (κ1) is 14.4. The van der Waals surface area contributed by atoms with Crippen LogP contribution in [0.3, 0.4) is 0 Å². The Labute approximate surface area is 129 Å². The summed E-state index contributed by atoms with van der Waals surface area (Å²) in [6.45, 7) is 7.29. The lowest BCUT2D eigenvalue weighted by molar-refractivity contribution is 0.566. The molecule has 0 saturated carbocycles. The number of hydrogen-bond donors (Lipinski definition) is 0. The van der Waals surface area contributed by atoms with E-state index >= 15 is 0 Å². The molecule has 2 aromatic rings. The van der Waals surface area contributed by atoms with E-state index in [4.69, 9.17) is 4.98 Å². The van der Waals surface area contributed by atoms with Crippen molar-refractivity contribution >= 4 is 11.3 Å². The average molecular weight is 302 g/mol. The Morgan fingerprint density at radius 3 is 2.86 bits per heavy atom. The predicted octanol–water partition coefficient (Wildman–Crippen LogP) is 3.90. The van der Waals surface area contributed by atoms with E-state index in [9.17, 15) is 0 Å². The quantitative estimate of drug-likeness (QED) is 0.808. The third-order valence-corrected chi connectivity index (χ3v) is 4.69. The van der Waals surface area contributed by atoms with E-state index in [1.807, 2.05) is 4.68 Å². The van der Waals surface area contributed by atoms with Gasteiger partial charge in [0.2, 0.25) is 0 Å². The van der Waals surface area contributed by atoms with Gasteiger partial charge in [-0.15, -0.1) is 16.4 Å². The topological polar surface area (TPSA) is 43.6 Å². The number of rotatable bonds is 3. The fraction of sp³-hybridized carbons (Fsp3) is 0.562. The second kappa shape index (κ2) is 5.72. The Morgan fingerprint density at radius 2 is 2.19 bits per heavy atom. The van der Waals surface area contributed by atoms with Crippen LogP contribution < -0.4 is 0 Å². The van der Waals surface area contributed by atoms with Gasteiger partial charge in [-0.1, -0.05) is 38.1 Å². The molecule has 1 aliphatic carbocycles. The molecule has 0 N–H and O–H groups in total. The van der Waals surface area contributed by atoms with Crippen LogP contribution in [-0.4, -0.2) is 20.0 Å². The van der Waals surface area contributed by atoms with Crippen molar-refractivity contribution in [3.8, 4) is 0 Å². The Balaban J connectivity index is 1.69. The van der Waals surface area contributed by atoms with Gasteiger partial charge < -0.3 is 0 Å². The van der Waals surface area contributed by atoms with Crippen molar-refractivity contribution in [2.45, 2.75) is 57.9 Å². The maximum absolute atomic E-state index is 4.72. The first-order valence-electron chi connectivity index (χ1n) is 7.52. The molecule has 0 unspecified atom stereocenters. The molecule has 0 radical (unpaired) electrons. The third kappa shape index (κ3) is 3.40. The number of hydrogen-bond acceptors (Lipinski definition) is 4. The highest BCUT2D eigenvalue weighted by Gasteiger charge is 2.19. The zero-order valence-electron chi connectivity index (χ0n) is 12.9. The van der Waals surface area contributed by atoms with Gasteiger partial charge in [-0.05, 0) is 19.3 Å². The normalized spacial score (nSPS) is 19.1. The number of allylic oxidation sites excluding steroid dienone is 2. The molecule has 0 spiro atoms. The Morgan fingerprint density at radius 1 is 1.33 bits per heavy atom. The van der Waals surface area contributed by atoms with Gasteiger partial charge in [0.05, 0.1) is 17.9 Å². The summed E-state index contributed by atoms with van der Waals surface area (Å²) < 4.78 is 1.92. The van der Waals surface area contributed by atoms with Crippen molar-refractivity contribution in [2.24, 2.45) is 0 Å². The molecule has 0 fully saturated rings. The van der Waals surface area contributed by atoms with Crippen molar-refractivity contribution < 1.29 is 0 Å². The van der Waals surface area contributed by atoms with Crippen molar-refractivity contribution in [1.82, 2.24) is 20.0 Å². The lowest BCUT2D eigenvalue weighted by atomic mass is 9.92. The Hall–Kier alpha value is -1.49. The summed E-state index contributed by atoms with van der Waals surface area (Å²) in [6, 6.07) is 0. The molecule has 3 rings (SSSR count). The fourth-order valence-electron chi connectivity index (χ4n) is 2.51. The molecule has 1 aliphatic rings. The predicted molar refractivity (Wildman–Crippen MR) is 85.7 cm³/mol. The summed E-state index contributed by atoms with van der Waals surface area (Å²) in [4.78, 5) is 4.72. The summed E-state index contributed by atoms with van der Waals surface area (Å²) in [7, 11) is 0. The first-order chi connectivity index (χ1) is 10.0. The molecular formula is C16H22N4S. The largest absolute Gasteiger partial charge is 0.245 e. The molecule has 2 aromatic heterocycles. The average Bonchev–Trinajstić information content (AvgIpc) is 3.09. The molecule has 0 saturated heterocycles. The van der Waals surface area contributed by atoms with E-state index in [0.29, 0.717) is 5.92 Å². The molecule has 1 atom stereocenters. The number of aromatic nitrogens is 4. The third-order valence-electron chi connectivity index (χ3n) is 3.86. The second-order valence-electron chi connectivity index (χ2n) is 6.70. The van der Waals surface area contributed by atoms with Gasteiger partial charge in [0.25, 0.3) is 0 Å². The van der Waals surface area contributed by atoms with E-state index in [0.717, 1.165) is 35.8 Å². The standard InChI is InChI=1S/C16H22N4S/c1-16(2,3)14-11-21-15(17-14)10-20-9-13(18-19-20)12-7-5-4-6-8-12/h4-5,9,11-12H,6-8,10H2,1-3H3/t12-/m0/s1. The molecule has 4 nitrogen and oxygen atoms in total. The highest BCUT2D eigenvalue weighted by Crippen LogP contribution is 2.28. The van der Waals surface area contributed by atoms with Crippen molar-refractivity contribution in [1.29, 1.82) is 0 Å². The van der Waals surface area contributed by atoms with E-state index in [-0.39, 0.29) is 5.41 Å². The molecule has 0 aliphatic heterocycles. The van der Waals surface area contributed by atoms with Gasteiger partial charge in [0.1, 0.15) is 5.01 Å². The van der Waals surface area contributed by atoms with Gasteiger partial charge in [0, 0.05) is 22.9 Å². The first-order valence-corrected chi connectivity index (χ1v) is 8.40. The van der Waals surface area contributed by atoms with Gasteiger partial charge >= 0.3 is 0 Å². The van der Waals surface area contributed by atoms with Gasteiger partial charge in [0.15, 0.2) is 0 Å². The molecule has 5 heteroatoms. The molecular weight excluding hydrogens is 280 g/mol. The summed E-state index contributed by atoms with van der Waals surface area (Å²) in [5.74, 6) is 0.533. The van der Waals surface area contributed by atoms with Crippen LogP contribution >= 0.6 is 11.3 Å². The number of nitrogens with zero attached hydrogens (tertiary/aromatic N) is 4. The highest BCUT2D eigenvalue weighted by molar-refractivity contribution is 7.09. The van der Waals surface area contributed by atoms with Gasteiger partial charge in [-0.2, -0.15) is 0 Å². The van der Waals surface area contributed by atoms with Crippen LogP contribution in [0, 0.1) is 0 Å². The zero-order chi connectivity index (χ0) is 14.9. The highest BCUT2D eigenvalue weighted by atomic mass is 32.1. The van der Waals surface area contributed by atoms with Crippen LogP contribution in [0.5, 0.6) is 0 Å². The Kier molecular flexibility index (Phi) is 3.93. The van der Waals surface area contributed by atoms with Crippen LogP contribution in [-0.2, 0) is 12.0 Å². The zero-order valence-corrected chi connectivity index (χ0v) is 13.7. The smallest absolute Gasteiger partial charge is 0.114 e. The minimum absolute atomic E-state index is 0.108. The molecule has 0 aromatic carbocycles. The molecule has 0 bridgehead atoms. The summed E-state index contributed by atoms with van der Waals surface area (Å²) in [6.07, 6.45) is 10.0. The minimum atomic E-state index is 0.108. The van der Waals surface area contributed by atoms with Crippen molar-refractivity contribution in [3.63, 3.8) is 0 Å². The maximum atomic E-state index is 4.72. The molecule has 21 heavy (non-hydrogen) atoms. The fourth-order valence-corrected chi connectivity index (χ4v) is 3.52. The van der Waals surface area contributed by atoms with E-state index in [1.54, 1.807) is 11.3 Å². The van der Waals surface area contributed by atoms with Crippen LogP contribution in [0.2, 0.25) is 0 Å². The Bertz CT molecular complexity index is 633. The number of thiazole rings is 1. The van der Waals surface area contributed by atoms with Crippen LogP contribution in [0.25, 0.3) is 0 Å². The van der Waals surface area contributed by atoms with Crippen LogP contribution in [0.1, 0.15) is 62.3 Å². The SMILES string of the molecule is CC(C)(C)c1csc(Cn2cc([C@H]3CC=CCC3)nn2)n1. The van der Waals surface area contributed by atoms with E-state index in [2.05, 4.69) is 54.8 Å². The second-order valence-corrected chi connectivity index (χ2v) is 7.64. The van der Waals surface area contributed by atoms with E-state index < -0.39 is 0 Å². The van der Waals surface area contributed by atoms with Gasteiger partial charge in [-0.25, -0.2) is 9.67 Å². The summed E-state index contributed by atoms with van der Waals surface area (Å²) >= 11 is 1.71. The van der Waals surface area contributed by atoms with Crippen molar-refractivity contribution in [3.05, 3.63) is 40.1 Å². The lowest BCUT2D eigenvalue weighted by Gasteiger charge is -2.14. The molecule has 112 valence electrons. The van der Waals surface area contributed by atoms with Crippen LogP contribution in [0.15, 0.2) is 23.7 Å². The van der Waals surface area contributed by atoms with Crippen molar-refractivity contribution in [2.75, 3.05) is 0 Å². The summed E-state index contributed by atoms with van der Waals surface area (Å²) in [5.41, 5.74) is 2.38. The maximum Gasteiger partial charge on any atom is 0.114 e. The lowest BCUT2D eigenvalue weighted by Crippen LogP contribution is -2.12. The van der Waals surface area contributed by atoms with E-state index in [1.165, 1.54) is 6.42 Å². The molecule has 2 heterocycles. The monoisotopic (exact) mass is 302 g/mol. The van der Waals surface area contributed by atoms with Crippen LogP contribution in [0.4, 0.5) is 0 Å². The minimum Gasteiger partial charge on any atom is -0.245 e. The molecule has 0 amide bonds. The summed E-state index contributed by atoms with van der Waals surface area (Å²) in [5, 5.41) is 11.9. The van der Waals surface area contributed by atoms with Gasteiger partial charge in [-0.3, -0.25) is 0 Å².